The van der Waals surface area contributed by atoms with Gasteiger partial charge in [0.2, 0.25) is 5.91 Å². The largest absolute Gasteiger partial charge is 0.406 e. The third-order valence-corrected chi connectivity index (χ3v) is 4.71. The van der Waals surface area contributed by atoms with Crippen LogP contribution in [0.2, 0.25) is 0 Å². The van der Waals surface area contributed by atoms with Gasteiger partial charge in [0.15, 0.2) is 0 Å². The van der Waals surface area contributed by atoms with Crippen LogP contribution in [0.5, 0.6) is 0 Å². The Balaban J connectivity index is 1.87. The second-order valence-corrected chi connectivity index (χ2v) is 6.56. The van der Waals surface area contributed by atoms with Gasteiger partial charge in [0.1, 0.15) is 6.54 Å². The summed E-state index contributed by atoms with van der Waals surface area (Å²) in [6.07, 6.45) is -2.55. The van der Waals surface area contributed by atoms with Gasteiger partial charge in [0.25, 0.3) is 0 Å². The molecule has 134 valence electrons. The van der Waals surface area contributed by atoms with Gasteiger partial charge in [-0.1, -0.05) is 0 Å². The minimum Gasteiger partial charge on any atom is -0.395 e. The number of β-amino-alcohol motifs (C(OH)–C–C–N with tert-alkyl or cyclic N) is 1. The Morgan fingerprint density at radius 2 is 1.78 bits per heavy atom. The first-order valence-electron chi connectivity index (χ1n) is 8.22. The van der Waals surface area contributed by atoms with E-state index in [4.69, 9.17) is 5.11 Å². The molecule has 2 fully saturated rings. The average molecular weight is 337 g/mol. The number of carbonyl (C=O) groups excluding carboxylic acids is 1. The molecule has 0 bridgehead atoms. The smallest absolute Gasteiger partial charge is 0.395 e. The number of carbonyl (C=O) groups is 1. The van der Waals surface area contributed by atoms with Gasteiger partial charge in [-0.05, 0) is 25.7 Å². The number of hydrogen-bond acceptors (Lipinski definition) is 4. The predicted octanol–water partition coefficient (Wildman–Crippen LogP) is 0.786. The summed E-state index contributed by atoms with van der Waals surface area (Å²) in [5.74, 6) is -0.222. The Bertz CT molecular complexity index is 394. The second-order valence-electron chi connectivity index (χ2n) is 6.56. The maximum Gasteiger partial charge on any atom is 0.406 e. The van der Waals surface area contributed by atoms with Crippen molar-refractivity contribution < 1.29 is 23.1 Å². The highest BCUT2D eigenvalue weighted by molar-refractivity contribution is 5.78. The van der Waals surface area contributed by atoms with Crippen LogP contribution in [0.1, 0.15) is 19.8 Å². The van der Waals surface area contributed by atoms with Crippen LogP contribution in [0, 0.1) is 5.92 Å². The number of alkyl halides is 3. The Labute approximate surface area is 135 Å². The predicted molar refractivity (Wildman–Crippen MR) is 79.9 cm³/mol. The van der Waals surface area contributed by atoms with E-state index < -0.39 is 18.6 Å². The zero-order valence-corrected chi connectivity index (χ0v) is 13.6. The molecule has 1 aliphatic heterocycles. The van der Waals surface area contributed by atoms with Crippen molar-refractivity contribution in [2.24, 2.45) is 5.92 Å². The molecular formula is C15H26F3N3O2. The van der Waals surface area contributed by atoms with E-state index in [1.807, 2.05) is 4.90 Å². The van der Waals surface area contributed by atoms with Crippen molar-refractivity contribution in [2.75, 3.05) is 52.4 Å². The highest BCUT2D eigenvalue weighted by Gasteiger charge is 2.40. The second kappa shape index (κ2) is 7.81. The SMILES string of the molecule is C[C@@H](C1CC1)N(CC(F)(F)F)C(=O)CN1CCN(CCO)CC1. The zero-order chi connectivity index (χ0) is 17.0. The van der Waals surface area contributed by atoms with Crippen molar-refractivity contribution >= 4 is 5.91 Å². The highest BCUT2D eigenvalue weighted by atomic mass is 19.4. The first-order chi connectivity index (χ1) is 10.8. The molecule has 0 unspecified atom stereocenters. The summed E-state index contributed by atoms with van der Waals surface area (Å²) in [6.45, 7) is 4.04. The van der Waals surface area contributed by atoms with Crippen molar-refractivity contribution in [1.29, 1.82) is 0 Å². The van der Waals surface area contributed by atoms with Gasteiger partial charge in [0, 0.05) is 38.8 Å². The maximum absolute atomic E-state index is 12.8. The van der Waals surface area contributed by atoms with Gasteiger partial charge < -0.3 is 10.0 Å². The van der Waals surface area contributed by atoms with E-state index in [0.29, 0.717) is 19.6 Å². The number of amides is 1. The van der Waals surface area contributed by atoms with Crippen molar-refractivity contribution in [3.63, 3.8) is 0 Å². The standard InChI is InChI=1S/C15H26F3N3O2/c1-12(13-2-3-13)21(11-15(16,17)18)14(23)10-20-6-4-19(5-7-20)8-9-22/h12-13,22H,2-11H2,1H3/t12-/m0/s1. The van der Waals surface area contributed by atoms with Crippen LogP contribution >= 0.6 is 0 Å². The fourth-order valence-corrected chi connectivity index (χ4v) is 3.08. The molecule has 0 radical (unpaired) electrons. The van der Waals surface area contributed by atoms with Gasteiger partial charge in [-0.25, -0.2) is 0 Å². The number of nitrogens with zero attached hydrogens (tertiary/aromatic N) is 3. The third kappa shape index (κ3) is 5.93. The molecule has 5 nitrogen and oxygen atoms in total. The molecule has 1 saturated heterocycles. The molecule has 8 heteroatoms. The molecule has 0 aromatic heterocycles. The van der Waals surface area contributed by atoms with Crippen LogP contribution in [-0.2, 0) is 4.79 Å². The highest BCUT2D eigenvalue weighted by Crippen LogP contribution is 2.36. The summed E-state index contributed by atoms with van der Waals surface area (Å²) < 4.78 is 38.4. The van der Waals surface area contributed by atoms with E-state index in [1.165, 1.54) is 0 Å². The molecule has 1 N–H and O–H groups in total. The Morgan fingerprint density at radius 1 is 1.22 bits per heavy atom. The van der Waals surface area contributed by atoms with Crippen LogP contribution in [0.4, 0.5) is 13.2 Å². The first-order valence-corrected chi connectivity index (χ1v) is 8.22. The van der Waals surface area contributed by atoms with E-state index in [1.54, 1.807) is 6.92 Å². The molecule has 2 rings (SSSR count). The minimum atomic E-state index is -4.36. The Hall–Kier alpha value is -0.860. The summed E-state index contributed by atoms with van der Waals surface area (Å²) in [6, 6.07) is -0.347. The van der Waals surface area contributed by atoms with Crippen LogP contribution in [-0.4, -0.2) is 90.4 Å². The molecular weight excluding hydrogens is 311 g/mol. The normalized spacial score (nSPS) is 22.1. The zero-order valence-electron chi connectivity index (χ0n) is 13.6. The van der Waals surface area contributed by atoms with Gasteiger partial charge in [-0.2, -0.15) is 13.2 Å². The van der Waals surface area contributed by atoms with Gasteiger partial charge >= 0.3 is 6.18 Å². The van der Waals surface area contributed by atoms with Crippen molar-refractivity contribution in [3.8, 4) is 0 Å². The van der Waals surface area contributed by atoms with Crippen LogP contribution in [0.15, 0.2) is 0 Å². The maximum atomic E-state index is 12.8. The van der Waals surface area contributed by atoms with Crippen LogP contribution < -0.4 is 0 Å². The van der Waals surface area contributed by atoms with Gasteiger partial charge in [-0.3, -0.25) is 14.6 Å². The minimum absolute atomic E-state index is 0.0418. The fraction of sp³-hybridized carbons (Fsp3) is 0.933. The molecule has 1 atom stereocenters. The summed E-state index contributed by atoms with van der Waals surface area (Å²) in [5, 5.41) is 8.91. The molecule has 23 heavy (non-hydrogen) atoms. The first kappa shape index (κ1) is 18.5. The molecule has 0 aromatic carbocycles. The monoisotopic (exact) mass is 337 g/mol. The summed E-state index contributed by atoms with van der Waals surface area (Å²) in [7, 11) is 0. The lowest BCUT2D eigenvalue weighted by Crippen LogP contribution is -2.53. The number of rotatable bonds is 7. The van der Waals surface area contributed by atoms with Crippen molar-refractivity contribution in [3.05, 3.63) is 0 Å². The van der Waals surface area contributed by atoms with Gasteiger partial charge in [-0.15, -0.1) is 0 Å². The number of halogens is 3. The van der Waals surface area contributed by atoms with Crippen LogP contribution in [0.25, 0.3) is 0 Å². The van der Waals surface area contributed by atoms with Crippen LogP contribution in [0.3, 0.4) is 0 Å². The molecule has 0 spiro atoms. The number of aliphatic hydroxyl groups is 1. The fourth-order valence-electron chi connectivity index (χ4n) is 3.08. The Kier molecular flexibility index (Phi) is 6.27. The van der Waals surface area contributed by atoms with Crippen molar-refractivity contribution in [2.45, 2.75) is 32.0 Å². The lowest BCUT2D eigenvalue weighted by Gasteiger charge is -2.36. The van der Waals surface area contributed by atoms with E-state index in [-0.39, 0.29) is 25.1 Å². The molecule has 1 heterocycles. The van der Waals surface area contributed by atoms with E-state index in [0.717, 1.165) is 30.8 Å². The van der Waals surface area contributed by atoms with Gasteiger partial charge in [0.05, 0.1) is 13.2 Å². The van der Waals surface area contributed by atoms with E-state index >= 15 is 0 Å². The molecule has 1 saturated carbocycles. The topological polar surface area (TPSA) is 47.0 Å². The number of hydrogen-bond donors (Lipinski definition) is 1. The van der Waals surface area contributed by atoms with E-state index in [9.17, 15) is 18.0 Å². The molecule has 1 amide bonds. The summed E-state index contributed by atoms with van der Waals surface area (Å²) in [4.78, 5) is 17.4. The quantitative estimate of drug-likeness (QED) is 0.746. The summed E-state index contributed by atoms with van der Waals surface area (Å²) >= 11 is 0. The number of aliphatic hydroxyl groups excluding tert-OH is 1. The molecule has 2 aliphatic rings. The van der Waals surface area contributed by atoms with E-state index in [2.05, 4.69) is 4.90 Å². The number of piperazine rings is 1. The molecule has 0 aromatic rings. The van der Waals surface area contributed by atoms with Crippen molar-refractivity contribution in [1.82, 2.24) is 14.7 Å². The lowest BCUT2D eigenvalue weighted by atomic mass is 10.1. The lowest BCUT2D eigenvalue weighted by molar-refractivity contribution is -0.166. The summed E-state index contributed by atoms with van der Waals surface area (Å²) in [5.41, 5.74) is 0. The Morgan fingerprint density at radius 3 is 2.26 bits per heavy atom. The molecule has 1 aliphatic carbocycles. The third-order valence-electron chi connectivity index (χ3n) is 4.71. The average Bonchev–Trinajstić information content (AvgIpc) is 3.30.